The van der Waals surface area contributed by atoms with E-state index in [0.717, 1.165) is 36.2 Å². The van der Waals surface area contributed by atoms with Gasteiger partial charge in [0.2, 0.25) is 0 Å². The lowest BCUT2D eigenvalue weighted by molar-refractivity contribution is 0.0966. The van der Waals surface area contributed by atoms with Crippen molar-refractivity contribution in [1.82, 2.24) is 20.2 Å². The zero-order valence-corrected chi connectivity index (χ0v) is 20.5. The van der Waals surface area contributed by atoms with Crippen LogP contribution in [0.2, 0.25) is 0 Å². The van der Waals surface area contributed by atoms with Crippen LogP contribution in [0.3, 0.4) is 0 Å². The first-order valence-corrected chi connectivity index (χ1v) is 13.5. The third-order valence-corrected chi connectivity index (χ3v) is 8.00. The molecule has 0 saturated carbocycles. The van der Waals surface area contributed by atoms with E-state index in [1.54, 1.807) is 24.3 Å². The third kappa shape index (κ3) is 4.25. The number of likely N-dealkylation sites (tertiary alicyclic amines) is 1. The summed E-state index contributed by atoms with van der Waals surface area (Å²) in [6, 6.07) is 16.4. The Hall–Kier alpha value is -3.69. The number of hydrogen-bond donors (Lipinski definition) is 2. The summed E-state index contributed by atoms with van der Waals surface area (Å²) >= 11 is 0. The number of H-pyrrole nitrogens is 1. The summed E-state index contributed by atoms with van der Waals surface area (Å²) in [7, 11) is -4.13. The number of pyridine rings is 1. The lowest BCUT2D eigenvalue weighted by Gasteiger charge is -2.26. The van der Waals surface area contributed by atoms with Gasteiger partial charge in [-0.1, -0.05) is 18.6 Å². The number of hydrogen-bond acceptors (Lipinski definition) is 6. The molecule has 0 spiro atoms. The van der Waals surface area contributed by atoms with Crippen molar-refractivity contribution in [2.75, 3.05) is 13.1 Å². The monoisotopic (exact) mass is 502 g/mol. The molecule has 9 heteroatoms. The van der Waals surface area contributed by atoms with E-state index in [1.165, 1.54) is 37.1 Å². The van der Waals surface area contributed by atoms with Crippen LogP contribution in [0.25, 0.3) is 22.2 Å². The van der Waals surface area contributed by atoms with Gasteiger partial charge in [-0.25, -0.2) is 4.98 Å². The van der Waals surface area contributed by atoms with Crippen LogP contribution in [-0.4, -0.2) is 42.3 Å². The van der Waals surface area contributed by atoms with Gasteiger partial charge in [-0.3, -0.25) is 9.69 Å². The SMILES string of the molecule is O=C1NCc2c(OS(=O)(=O)c3ccccn3)ccc(-c3cc4cc(CN5CCCCC5)ccc4[nH]3)c21. The topological polar surface area (TPSA) is 104 Å². The number of benzene rings is 2. The number of carbonyl (C=O) groups is 1. The van der Waals surface area contributed by atoms with Crippen LogP contribution in [0.1, 0.15) is 40.7 Å². The molecule has 2 aromatic carbocycles. The summed E-state index contributed by atoms with van der Waals surface area (Å²) in [6.07, 6.45) is 5.22. The van der Waals surface area contributed by atoms with Crippen molar-refractivity contribution < 1.29 is 17.4 Å². The minimum atomic E-state index is -4.13. The number of aromatic nitrogens is 2. The zero-order chi connectivity index (χ0) is 24.7. The Balaban J connectivity index is 1.33. The van der Waals surface area contributed by atoms with Crippen molar-refractivity contribution in [1.29, 1.82) is 0 Å². The van der Waals surface area contributed by atoms with E-state index in [-0.39, 0.29) is 23.2 Å². The summed E-state index contributed by atoms with van der Waals surface area (Å²) < 4.78 is 30.9. The summed E-state index contributed by atoms with van der Waals surface area (Å²) in [5.41, 5.74) is 4.69. The van der Waals surface area contributed by atoms with Gasteiger partial charge in [-0.05, 0) is 74.0 Å². The Kier molecular flexibility index (Phi) is 5.73. The molecule has 4 aromatic rings. The van der Waals surface area contributed by atoms with Crippen LogP contribution in [-0.2, 0) is 23.2 Å². The summed E-state index contributed by atoms with van der Waals surface area (Å²) in [6.45, 7) is 3.41. The molecule has 184 valence electrons. The Morgan fingerprint density at radius 3 is 2.67 bits per heavy atom. The fraction of sp³-hybridized carbons (Fsp3) is 0.259. The Bertz CT molecular complexity index is 1560. The Morgan fingerprint density at radius 1 is 1.00 bits per heavy atom. The number of amides is 1. The van der Waals surface area contributed by atoms with E-state index in [2.05, 4.69) is 38.4 Å². The predicted molar refractivity (Wildman–Crippen MR) is 136 cm³/mol. The van der Waals surface area contributed by atoms with Crippen LogP contribution < -0.4 is 9.50 Å². The molecule has 0 radical (unpaired) electrons. The molecule has 2 aromatic heterocycles. The van der Waals surface area contributed by atoms with Gasteiger partial charge in [0.25, 0.3) is 5.91 Å². The second kappa shape index (κ2) is 9.07. The fourth-order valence-corrected chi connectivity index (χ4v) is 5.99. The molecule has 4 heterocycles. The van der Waals surface area contributed by atoms with E-state index in [9.17, 15) is 13.2 Å². The molecule has 1 saturated heterocycles. The highest BCUT2D eigenvalue weighted by Crippen LogP contribution is 2.37. The highest BCUT2D eigenvalue weighted by atomic mass is 32.2. The molecule has 0 unspecified atom stereocenters. The largest absolute Gasteiger partial charge is 0.377 e. The van der Waals surface area contributed by atoms with Crippen LogP contribution in [0.5, 0.6) is 5.75 Å². The average molecular weight is 503 g/mol. The van der Waals surface area contributed by atoms with Crippen molar-refractivity contribution in [2.24, 2.45) is 0 Å². The first-order chi connectivity index (χ1) is 17.5. The van der Waals surface area contributed by atoms with Gasteiger partial charge in [0, 0.05) is 47.0 Å². The van der Waals surface area contributed by atoms with Gasteiger partial charge in [0.15, 0.2) is 5.03 Å². The number of aromatic amines is 1. The van der Waals surface area contributed by atoms with Gasteiger partial charge in [0.05, 0.1) is 5.56 Å². The fourth-order valence-electron chi connectivity index (χ4n) is 5.08. The number of carbonyl (C=O) groups excluding carboxylic acids is 1. The second-order valence-electron chi connectivity index (χ2n) is 9.29. The van der Waals surface area contributed by atoms with E-state index >= 15 is 0 Å². The van der Waals surface area contributed by atoms with Crippen LogP contribution in [0.4, 0.5) is 0 Å². The van der Waals surface area contributed by atoms with Crippen molar-refractivity contribution >= 4 is 26.9 Å². The van der Waals surface area contributed by atoms with Gasteiger partial charge in [0.1, 0.15) is 5.75 Å². The molecule has 8 nitrogen and oxygen atoms in total. The molecular weight excluding hydrogens is 476 g/mol. The number of rotatable bonds is 6. The minimum Gasteiger partial charge on any atom is -0.377 e. The van der Waals surface area contributed by atoms with Crippen molar-refractivity contribution in [2.45, 2.75) is 37.4 Å². The Morgan fingerprint density at radius 2 is 1.86 bits per heavy atom. The van der Waals surface area contributed by atoms with Crippen LogP contribution >= 0.6 is 0 Å². The molecule has 1 amide bonds. The molecule has 36 heavy (non-hydrogen) atoms. The molecule has 2 aliphatic heterocycles. The lowest BCUT2D eigenvalue weighted by Crippen LogP contribution is -2.28. The first kappa shape index (κ1) is 22.8. The van der Waals surface area contributed by atoms with Crippen LogP contribution in [0.15, 0.2) is 65.8 Å². The van der Waals surface area contributed by atoms with Gasteiger partial charge >= 0.3 is 10.1 Å². The molecule has 2 N–H and O–H groups in total. The molecule has 1 fully saturated rings. The Labute approximate surface area is 209 Å². The summed E-state index contributed by atoms with van der Waals surface area (Å²) in [5, 5.41) is 3.69. The highest BCUT2D eigenvalue weighted by molar-refractivity contribution is 7.87. The predicted octanol–water partition coefficient (Wildman–Crippen LogP) is 4.23. The maximum absolute atomic E-state index is 12.8. The first-order valence-electron chi connectivity index (χ1n) is 12.1. The van der Waals surface area contributed by atoms with Gasteiger partial charge < -0.3 is 14.5 Å². The van der Waals surface area contributed by atoms with E-state index in [1.807, 2.05) is 6.07 Å². The van der Waals surface area contributed by atoms with E-state index in [0.29, 0.717) is 16.7 Å². The van der Waals surface area contributed by atoms with Gasteiger partial charge in [-0.15, -0.1) is 0 Å². The molecule has 0 aliphatic carbocycles. The summed E-state index contributed by atoms with van der Waals surface area (Å²) in [5.74, 6) is -0.136. The summed E-state index contributed by atoms with van der Waals surface area (Å²) in [4.78, 5) is 22.6. The average Bonchev–Trinajstić information content (AvgIpc) is 3.49. The quantitative estimate of drug-likeness (QED) is 0.383. The lowest BCUT2D eigenvalue weighted by atomic mass is 9.99. The standard InChI is InChI=1S/C27H26N4O4S/c32-27-26-20(8-10-24(21(26)16-29-27)35-36(33,34)25-6-2-3-11-28-25)23-15-19-14-18(7-9-22(19)30-23)17-31-12-4-1-5-13-31/h2-3,6-11,14-15,30H,1,4-5,12-13,16-17H2,(H,29,32). The van der Waals surface area contributed by atoms with E-state index in [4.69, 9.17) is 4.18 Å². The normalized spacial score (nSPS) is 16.2. The van der Waals surface area contributed by atoms with E-state index < -0.39 is 10.1 Å². The second-order valence-corrected chi connectivity index (χ2v) is 10.8. The van der Waals surface area contributed by atoms with Crippen molar-refractivity contribution in [3.63, 3.8) is 0 Å². The van der Waals surface area contributed by atoms with Gasteiger partial charge in [-0.2, -0.15) is 8.42 Å². The zero-order valence-electron chi connectivity index (χ0n) is 19.7. The molecular formula is C27H26N4O4S. The third-order valence-electron chi connectivity index (χ3n) is 6.85. The minimum absolute atomic E-state index is 0.123. The smallest absolute Gasteiger partial charge is 0.356 e. The molecule has 0 atom stereocenters. The molecule has 6 rings (SSSR count). The maximum atomic E-state index is 12.8. The van der Waals surface area contributed by atoms with Crippen molar-refractivity contribution in [3.8, 4) is 17.0 Å². The van der Waals surface area contributed by atoms with Crippen molar-refractivity contribution in [3.05, 3.63) is 77.5 Å². The number of nitrogens with zero attached hydrogens (tertiary/aromatic N) is 2. The number of nitrogens with one attached hydrogen (secondary N) is 2. The number of piperidine rings is 1. The molecule has 0 bridgehead atoms. The number of fused-ring (bicyclic) bond motifs is 2. The maximum Gasteiger partial charge on any atom is 0.356 e. The molecule has 2 aliphatic rings. The van der Waals surface area contributed by atoms with Crippen LogP contribution in [0, 0.1) is 0 Å². The highest BCUT2D eigenvalue weighted by Gasteiger charge is 2.30.